The van der Waals surface area contributed by atoms with Crippen molar-refractivity contribution in [3.63, 3.8) is 0 Å². The first-order valence-corrected chi connectivity index (χ1v) is 4.75. The van der Waals surface area contributed by atoms with Crippen LogP contribution in [0.15, 0.2) is 16.6 Å². The molecule has 0 aliphatic rings. The van der Waals surface area contributed by atoms with Gasteiger partial charge in [0.05, 0.1) is 10.6 Å². The Balaban J connectivity index is 2.86. The Morgan fingerprint density at radius 2 is 2.14 bits per heavy atom. The lowest BCUT2D eigenvalue weighted by Gasteiger charge is -2.10. The highest BCUT2D eigenvalue weighted by molar-refractivity contribution is 9.10. The summed E-state index contributed by atoms with van der Waals surface area (Å²) in [5.74, 6) is -1.57. The van der Waals surface area contributed by atoms with E-state index in [1.807, 2.05) is 0 Å². The van der Waals surface area contributed by atoms with Gasteiger partial charge in [0.1, 0.15) is 12.4 Å². The SMILES string of the molecule is CC(O)COc1c(F)cc(F)cc1Br. The fourth-order valence-electron chi connectivity index (χ4n) is 0.871. The minimum absolute atomic E-state index is 0.0405. The molecule has 1 rings (SSSR count). The Morgan fingerprint density at radius 3 is 2.64 bits per heavy atom. The van der Waals surface area contributed by atoms with Crippen LogP contribution in [0.4, 0.5) is 8.78 Å². The summed E-state index contributed by atoms with van der Waals surface area (Å²) in [6.07, 6.45) is -0.702. The van der Waals surface area contributed by atoms with Crippen molar-refractivity contribution in [2.45, 2.75) is 13.0 Å². The third-order valence-electron chi connectivity index (χ3n) is 1.43. The Kier molecular flexibility index (Phi) is 3.83. The summed E-state index contributed by atoms with van der Waals surface area (Å²) < 4.78 is 30.9. The molecule has 1 aromatic rings. The van der Waals surface area contributed by atoms with Gasteiger partial charge in [0, 0.05) is 6.07 Å². The fraction of sp³-hybridized carbons (Fsp3) is 0.333. The second-order valence-electron chi connectivity index (χ2n) is 2.86. The lowest BCUT2D eigenvalue weighted by atomic mass is 10.3. The topological polar surface area (TPSA) is 29.5 Å². The second kappa shape index (κ2) is 4.70. The van der Waals surface area contributed by atoms with Crippen LogP contribution >= 0.6 is 15.9 Å². The van der Waals surface area contributed by atoms with E-state index in [4.69, 9.17) is 9.84 Å². The first-order valence-electron chi connectivity index (χ1n) is 3.96. The van der Waals surface area contributed by atoms with Gasteiger partial charge in [-0.3, -0.25) is 0 Å². The van der Waals surface area contributed by atoms with Crippen molar-refractivity contribution >= 4 is 15.9 Å². The van der Waals surface area contributed by atoms with Crippen LogP contribution in [0.25, 0.3) is 0 Å². The third-order valence-corrected chi connectivity index (χ3v) is 2.02. The number of ether oxygens (including phenoxy) is 1. The molecule has 14 heavy (non-hydrogen) atoms. The zero-order valence-electron chi connectivity index (χ0n) is 7.43. The van der Waals surface area contributed by atoms with E-state index in [0.29, 0.717) is 0 Å². The molecule has 1 unspecified atom stereocenters. The fourth-order valence-corrected chi connectivity index (χ4v) is 1.39. The molecule has 0 saturated heterocycles. The van der Waals surface area contributed by atoms with Crippen LogP contribution in [0.5, 0.6) is 5.75 Å². The molecule has 0 radical (unpaired) electrons. The van der Waals surface area contributed by atoms with Gasteiger partial charge in [-0.05, 0) is 28.9 Å². The lowest BCUT2D eigenvalue weighted by molar-refractivity contribution is 0.119. The number of aliphatic hydroxyl groups is 1. The lowest BCUT2D eigenvalue weighted by Crippen LogP contribution is -2.13. The van der Waals surface area contributed by atoms with E-state index in [1.165, 1.54) is 6.92 Å². The van der Waals surface area contributed by atoms with Crippen molar-refractivity contribution in [1.82, 2.24) is 0 Å². The maximum absolute atomic E-state index is 13.1. The molecule has 0 fully saturated rings. The van der Waals surface area contributed by atoms with Crippen LogP contribution in [0.2, 0.25) is 0 Å². The van der Waals surface area contributed by atoms with E-state index in [9.17, 15) is 8.78 Å². The Hall–Kier alpha value is -0.680. The molecule has 5 heteroatoms. The van der Waals surface area contributed by atoms with Crippen LogP contribution < -0.4 is 4.74 Å². The normalized spacial score (nSPS) is 12.6. The molecule has 0 spiro atoms. The summed E-state index contributed by atoms with van der Waals surface area (Å²) in [6.45, 7) is 1.47. The van der Waals surface area contributed by atoms with E-state index in [0.717, 1.165) is 12.1 Å². The van der Waals surface area contributed by atoms with Gasteiger partial charge in [-0.1, -0.05) is 0 Å². The van der Waals surface area contributed by atoms with Crippen molar-refractivity contribution in [2.24, 2.45) is 0 Å². The van der Waals surface area contributed by atoms with Gasteiger partial charge in [-0.25, -0.2) is 8.78 Å². The van der Waals surface area contributed by atoms with Gasteiger partial charge in [-0.15, -0.1) is 0 Å². The number of hydrogen-bond acceptors (Lipinski definition) is 2. The van der Waals surface area contributed by atoms with Gasteiger partial charge in [0.2, 0.25) is 0 Å². The van der Waals surface area contributed by atoms with E-state index in [2.05, 4.69) is 15.9 Å². The van der Waals surface area contributed by atoms with E-state index < -0.39 is 17.7 Å². The monoisotopic (exact) mass is 266 g/mol. The van der Waals surface area contributed by atoms with Crippen molar-refractivity contribution in [3.05, 3.63) is 28.2 Å². The van der Waals surface area contributed by atoms with Crippen LogP contribution in [-0.4, -0.2) is 17.8 Å². The molecule has 2 nitrogen and oxygen atoms in total. The smallest absolute Gasteiger partial charge is 0.169 e. The summed E-state index contributed by atoms with van der Waals surface area (Å²) in [4.78, 5) is 0. The summed E-state index contributed by atoms with van der Waals surface area (Å²) >= 11 is 2.96. The second-order valence-corrected chi connectivity index (χ2v) is 3.71. The molecular weight excluding hydrogens is 258 g/mol. The zero-order valence-corrected chi connectivity index (χ0v) is 9.01. The standard InChI is InChI=1S/C9H9BrF2O2/c1-5(13)4-14-9-7(10)2-6(11)3-8(9)12/h2-3,5,13H,4H2,1H3. The van der Waals surface area contributed by atoms with Crippen LogP contribution in [0, 0.1) is 11.6 Å². The van der Waals surface area contributed by atoms with Crippen LogP contribution in [0.1, 0.15) is 6.92 Å². The van der Waals surface area contributed by atoms with Gasteiger partial charge >= 0.3 is 0 Å². The quantitative estimate of drug-likeness (QED) is 0.911. The van der Waals surface area contributed by atoms with Crippen molar-refractivity contribution in [1.29, 1.82) is 0 Å². The number of hydrogen-bond donors (Lipinski definition) is 1. The molecule has 1 N–H and O–H groups in total. The Bertz CT molecular complexity index is 306. The summed E-state index contributed by atoms with van der Waals surface area (Å²) in [6, 6.07) is 1.82. The van der Waals surface area contributed by atoms with Crippen LogP contribution in [-0.2, 0) is 0 Å². The number of rotatable bonds is 3. The summed E-state index contributed by atoms with van der Waals surface area (Å²) in [5.41, 5.74) is 0. The van der Waals surface area contributed by atoms with Crippen molar-refractivity contribution in [3.8, 4) is 5.75 Å². The molecular formula is C9H9BrF2O2. The molecule has 0 bridgehead atoms. The first kappa shape index (κ1) is 11.4. The maximum Gasteiger partial charge on any atom is 0.169 e. The molecule has 0 aliphatic heterocycles. The summed E-state index contributed by atoms with van der Waals surface area (Å²) in [7, 11) is 0. The zero-order chi connectivity index (χ0) is 10.7. The highest BCUT2D eigenvalue weighted by Gasteiger charge is 2.11. The Morgan fingerprint density at radius 1 is 1.50 bits per heavy atom. The third kappa shape index (κ3) is 2.92. The molecule has 0 saturated carbocycles. The van der Waals surface area contributed by atoms with Crippen molar-refractivity contribution in [2.75, 3.05) is 6.61 Å². The minimum atomic E-state index is -0.794. The van der Waals surface area contributed by atoms with Gasteiger partial charge in [0.15, 0.2) is 11.6 Å². The molecule has 0 aliphatic carbocycles. The van der Waals surface area contributed by atoms with E-state index in [1.54, 1.807) is 0 Å². The predicted octanol–water partition coefficient (Wildman–Crippen LogP) is 2.49. The molecule has 1 aromatic carbocycles. The highest BCUT2D eigenvalue weighted by Crippen LogP contribution is 2.29. The first-order chi connectivity index (χ1) is 6.50. The molecule has 78 valence electrons. The largest absolute Gasteiger partial charge is 0.487 e. The maximum atomic E-state index is 13.1. The average Bonchev–Trinajstić information content (AvgIpc) is 2.01. The number of benzene rings is 1. The molecule has 0 amide bonds. The Labute approximate surface area is 88.6 Å². The molecule has 1 atom stereocenters. The average molecular weight is 267 g/mol. The van der Waals surface area contributed by atoms with Gasteiger partial charge < -0.3 is 9.84 Å². The summed E-state index contributed by atoms with van der Waals surface area (Å²) in [5, 5.41) is 8.91. The number of aliphatic hydroxyl groups excluding tert-OH is 1. The van der Waals surface area contributed by atoms with Gasteiger partial charge in [-0.2, -0.15) is 0 Å². The van der Waals surface area contributed by atoms with E-state index >= 15 is 0 Å². The minimum Gasteiger partial charge on any atom is -0.487 e. The highest BCUT2D eigenvalue weighted by atomic mass is 79.9. The van der Waals surface area contributed by atoms with Crippen LogP contribution in [0.3, 0.4) is 0 Å². The number of halogens is 3. The predicted molar refractivity (Wildman–Crippen MR) is 51.2 cm³/mol. The molecule has 0 aromatic heterocycles. The molecule has 0 heterocycles. The van der Waals surface area contributed by atoms with Crippen molar-refractivity contribution < 1.29 is 18.6 Å². The van der Waals surface area contributed by atoms with Gasteiger partial charge in [0.25, 0.3) is 0 Å². The van der Waals surface area contributed by atoms with E-state index in [-0.39, 0.29) is 16.8 Å².